The van der Waals surface area contributed by atoms with Crippen molar-refractivity contribution in [3.8, 4) is 22.8 Å². The summed E-state index contributed by atoms with van der Waals surface area (Å²) in [5, 5.41) is 9.83. The number of carbonyl (C=O) groups is 1. The maximum absolute atomic E-state index is 12.0. The first kappa shape index (κ1) is 28.0. The van der Waals surface area contributed by atoms with Crippen LogP contribution in [0, 0.1) is 6.92 Å². The van der Waals surface area contributed by atoms with E-state index in [1.54, 1.807) is 14.2 Å². The molecule has 0 radical (unpaired) electrons. The van der Waals surface area contributed by atoms with Crippen molar-refractivity contribution in [1.29, 1.82) is 0 Å². The number of carboxylic acids is 1. The number of hydrogen-bond acceptors (Lipinski definition) is 3. The van der Waals surface area contributed by atoms with Gasteiger partial charge in [0.1, 0.15) is 0 Å². The van der Waals surface area contributed by atoms with Gasteiger partial charge in [0.25, 0.3) is 0 Å². The van der Waals surface area contributed by atoms with Crippen LogP contribution in [0.3, 0.4) is 0 Å². The molecule has 0 saturated carbocycles. The molecule has 0 aliphatic carbocycles. The molecule has 5 nitrogen and oxygen atoms in total. The average molecular weight is 480 g/mol. The van der Waals surface area contributed by atoms with Crippen LogP contribution >= 0.6 is 0 Å². The second-order valence-electron chi connectivity index (χ2n) is 8.51. The zero-order valence-electron chi connectivity index (χ0n) is 22.6. The summed E-state index contributed by atoms with van der Waals surface area (Å²) in [5.74, 6) is 0.502. The number of ether oxygens (including phenoxy) is 2. The Morgan fingerprint density at radius 3 is 2.37 bits per heavy atom. The highest BCUT2D eigenvalue weighted by Gasteiger charge is 2.29. The number of methoxy groups -OCH3 is 2. The third-order valence-corrected chi connectivity index (χ3v) is 6.25. The van der Waals surface area contributed by atoms with Gasteiger partial charge in [0, 0.05) is 23.4 Å². The number of hydrogen-bond donors (Lipinski definition) is 1. The fourth-order valence-corrected chi connectivity index (χ4v) is 4.79. The van der Waals surface area contributed by atoms with Crippen LogP contribution in [0.25, 0.3) is 16.8 Å². The van der Waals surface area contributed by atoms with E-state index in [1.807, 2.05) is 39.0 Å². The van der Waals surface area contributed by atoms with Crippen LogP contribution in [0.2, 0.25) is 0 Å². The lowest BCUT2D eigenvalue weighted by molar-refractivity contribution is -0.136. The number of allylic oxidation sites excluding steroid dienone is 6. The molecule has 1 aliphatic heterocycles. The third-order valence-electron chi connectivity index (χ3n) is 6.25. The Balaban J connectivity index is 0.00000210. The van der Waals surface area contributed by atoms with Crippen LogP contribution < -0.4 is 9.47 Å². The predicted molar refractivity (Wildman–Crippen MR) is 146 cm³/mol. The first-order valence-electron chi connectivity index (χ1n) is 12.6. The quantitative estimate of drug-likeness (QED) is 0.381. The van der Waals surface area contributed by atoms with E-state index in [4.69, 9.17) is 9.47 Å². The van der Waals surface area contributed by atoms with Gasteiger partial charge in [-0.05, 0) is 62.4 Å². The standard InChI is InChI=1S/C28H35NO4.C2H6/c1-7-9-18(3)11-12-20(10-8-2)27-19(4)29-14-13-21-15-24(32-5)25(33-6)16-22(21)28(29)23(27)17-26(30)31;1-2/h8,10-12,15-16H,7,9,13-14,17H2,1-6H3,(H,30,31);1-2H3/b10-8-,18-11+,20-12+;. The SMILES string of the molecule is CC.C\C=C/C(=C\C=C(/C)CCC)c1c(CC(=O)O)c2n(c1C)CCc1cc(OC)c(OC)cc1-2. The molecular weight excluding hydrogens is 438 g/mol. The number of aromatic nitrogens is 1. The van der Waals surface area contributed by atoms with E-state index in [2.05, 4.69) is 43.6 Å². The van der Waals surface area contributed by atoms with Gasteiger partial charge in [-0.2, -0.15) is 0 Å². The van der Waals surface area contributed by atoms with Gasteiger partial charge >= 0.3 is 5.97 Å². The summed E-state index contributed by atoms with van der Waals surface area (Å²) in [7, 11) is 3.26. The minimum absolute atomic E-state index is 0.0428. The van der Waals surface area contributed by atoms with Crippen LogP contribution in [-0.2, 0) is 24.2 Å². The molecule has 0 spiro atoms. The Morgan fingerprint density at radius 1 is 1.14 bits per heavy atom. The molecular formula is C30H41NO4. The highest BCUT2D eigenvalue weighted by atomic mass is 16.5. The second kappa shape index (κ2) is 13.0. The molecule has 3 rings (SSSR count). The van der Waals surface area contributed by atoms with E-state index in [0.29, 0.717) is 11.5 Å². The molecule has 1 aromatic heterocycles. The van der Waals surface area contributed by atoms with E-state index in [0.717, 1.165) is 65.0 Å². The fraction of sp³-hybridized carbons (Fsp3) is 0.433. The van der Waals surface area contributed by atoms with Crippen molar-refractivity contribution in [3.63, 3.8) is 0 Å². The lowest BCUT2D eigenvalue weighted by atomic mass is 9.91. The summed E-state index contributed by atoms with van der Waals surface area (Å²) >= 11 is 0. The monoisotopic (exact) mass is 479 g/mol. The molecule has 0 saturated heterocycles. The number of nitrogens with zero attached hydrogens (tertiary/aromatic N) is 1. The number of carboxylic acid groups (broad SMARTS) is 1. The zero-order chi connectivity index (χ0) is 26.1. The van der Waals surface area contributed by atoms with E-state index in [9.17, 15) is 9.90 Å². The van der Waals surface area contributed by atoms with Gasteiger partial charge in [0.2, 0.25) is 0 Å². The van der Waals surface area contributed by atoms with Crippen molar-refractivity contribution in [3.05, 3.63) is 64.4 Å². The van der Waals surface area contributed by atoms with Crippen molar-refractivity contribution >= 4 is 11.5 Å². The molecule has 35 heavy (non-hydrogen) atoms. The zero-order valence-corrected chi connectivity index (χ0v) is 22.6. The van der Waals surface area contributed by atoms with Gasteiger partial charge in [-0.25, -0.2) is 0 Å². The Labute approximate surface area is 210 Å². The van der Waals surface area contributed by atoms with Crippen LogP contribution in [-0.4, -0.2) is 29.9 Å². The molecule has 1 N–H and O–H groups in total. The first-order chi connectivity index (χ1) is 16.9. The normalized spacial score (nSPS) is 13.1. The van der Waals surface area contributed by atoms with Crippen molar-refractivity contribution in [2.45, 2.75) is 73.8 Å². The summed E-state index contributed by atoms with van der Waals surface area (Å²) in [6.45, 7) is 13.2. The molecule has 2 heterocycles. The van der Waals surface area contributed by atoms with Crippen LogP contribution in [0.4, 0.5) is 0 Å². The van der Waals surface area contributed by atoms with Gasteiger partial charge in [-0.3, -0.25) is 4.79 Å². The van der Waals surface area contributed by atoms with E-state index in [1.165, 1.54) is 5.57 Å². The first-order valence-corrected chi connectivity index (χ1v) is 12.6. The average Bonchev–Trinajstić information content (AvgIpc) is 3.13. The van der Waals surface area contributed by atoms with E-state index < -0.39 is 5.97 Å². The molecule has 5 heteroatoms. The topological polar surface area (TPSA) is 60.7 Å². The predicted octanol–water partition coefficient (Wildman–Crippen LogP) is 7.40. The second-order valence-corrected chi connectivity index (χ2v) is 8.51. The molecule has 1 aromatic carbocycles. The molecule has 0 unspecified atom stereocenters. The summed E-state index contributed by atoms with van der Waals surface area (Å²) in [6, 6.07) is 4.00. The van der Waals surface area contributed by atoms with E-state index >= 15 is 0 Å². The van der Waals surface area contributed by atoms with Crippen molar-refractivity contribution in [2.24, 2.45) is 0 Å². The molecule has 0 bridgehead atoms. The third kappa shape index (κ3) is 6.08. The lowest BCUT2D eigenvalue weighted by Crippen LogP contribution is -2.13. The highest BCUT2D eigenvalue weighted by molar-refractivity contribution is 5.89. The number of rotatable bonds is 9. The van der Waals surface area contributed by atoms with E-state index in [-0.39, 0.29) is 6.42 Å². The molecule has 0 atom stereocenters. The summed E-state index contributed by atoms with van der Waals surface area (Å²) in [5.41, 5.74) is 8.42. The minimum atomic E-state index is -0.838. The number of aliphatic carboxylic acids is 1. The Bertz CT molecular complexity index is 1130. The summed E-state index contributed by atoms with van der Waals surface area (Å²) in [4.78, 5) is 12.0. The van der Waals surface area contributed by atoms with Crippen molar-refractivity contribution in [2.75, 3.05) is 14.2 Å². The number of aryl methyl sites for hydroxylation is 1. The van der Waals surface area contributed by atoms with Crippen LogP contribution in [0.1, 0.15) is 69.8 Å². The summed E-state index contributed by atoms with van der Waals surface area (Å²) in [6.07, 6.45) is 11.3. The molecule has 1 aliphatic rings. The van der Waals surface area contributed by atoms with Gasteiger partial charge in [0.05, 0.1) is 26.3 Å². The lowest BCUT2D eigenvalue weighted by Gasteiger charge is -2.23. The van der Waals surface area contributed by atoms with Crippen LogP contribution in [0.15, 0.2) is 42.0 Å². The molecule has 190 valence electrons. The largest absolute Gasteiger partial charge is 0.493 e. The number of benzene rings is 1. The number of fused-ring (bicyclic) bond motifs is 3. The molecule has 2 aromatic rings. The van der Waals surface area contributed by atoms with Gasteiger partial charge < -0.3 is 19.1 Å². The van der Waals surface area contributed by atoms with Gasteiger partial charge in [-0.15, -0.1) is 0 Å². The molecule has 0 fully saturated rings. The Hall–Kier alpha value is -3.21. The highest BCUT2D eigenvalue weighted by Crippen LogP contribution is 2.44. The van der Waals surface area contributed by atoms with Crippen molar-refractivity contribution in [1.82, 2.24) is 4.57 Å². The minimum Gasteiger partial charge on any atom is -0.493 e. The smallest absolute Gasteiger partial charge is 0.307 e. The Morgan fingerprint density at radius 2 is 1.80 bits per heavy atom. The fourth-order valence-electron chi connectivity index (χ4n) is 4.79. The summed E-state index contributed by atoms with van der Waals surface area (Å²) < 4.78 is 13.3. The maximum atomic E-state index is 12.0. The van der Waals surface area contributed by atoms with Crippen LogP contribution in [0.5, 0.6) is 11.5 Å². The Kier molecular flexibility index (Phi) is 10.4. The van der Waals surface area contributed by atoms with Gasteiger partial charge in [0.15, 0.2) is 11.5 Å². The van der Waals surface area contributed by atoms with Gasteiger partial charge in [-0.1, -0.05) is 57.1 Å². The van der Waals surface area contributed by atoms with Crippen molar-refractivity contribution < 1.29 is 19.4 Å². The molecule has 0 amide bonds. The maximum Gasteiger partial charge on any atom is 0.307 e.